The van der Waals surface area contributed by atoms with Crippen molar-refractivity contribution >= 4 is 17.5 Å². The van der Waals surface area contributed by atoms with Gasteiger partial charge in [-0.3, -0.25) is 14.6 Å². The zero-order chi connectivity index (χ0) is 20.7. The molecule has 2 rings (SSSR count). The maximum absolute atomic E-state index is 12.7. The van der Waals surface area contributed by atoms with Gasteiger partial charge in [0.15, 0.2) is 11.5 Å². The third kappa shape index (κ3) is 4.70. The summed E-state index contributed by atoms with van der Waals surface area (Å²) in [7, 11) is 4.46. The molecular weight excluding hydrogens is 362 g/mol. The second-order valence-electron chi connectivity index (χ2n) is 6.50. The van der Waals surface area contributed by atoms with E-state index in [2.05, 4.69) is 15.6 Å². The van der Waals surface area contributed by atoms with E-state index >= 15 is 0 Å². The van der Waals surface area contributed by atoms with E-state index < -0.39 is 17.2 Å². The fraction of sp³-hybridized carbons (Fsp3) is 0.350. The molecule has 0 unspecified atom stereocenters. The quantitative estimate of drug-likeness (QED) is 0.675. The number of carbonyl (C=O) groups is 2. The molecular formula is C20H25N3O5. The summed E-state index contributed by atoms with van der Waals surface area (Å²) in [6, 6.07) is 8.61. The molecule has 1 heterocycles. The molecule has 0 bridgehead atoms. The standard InChI is InChI=1S/C20H25N3O5/c1-20(2,18(24)22-12-13-8-6-7-9-21-13)19(25)23-14-10-15(26-3)17(28-5)16(11-14)27-4/h6-11H,12H2,1-5H3,(H,22,24)(H,23,25). The lowest BCUT2D eigenvalue weighted by atomic mass is 9.91. The molecule has 2 amide bonds. The summed E-state index contributed by atoms with van der Waals surface area (Å²) < 4.78 is 15.8. The van der Waals surface area contributed by atoms with Crippen LogP contribution >= 0.6 is 0 Å². The number of pyridine rings is 1. The van der Waals surface area contributed by atoms with Crippen molar-refractivity contribution < 1.29 is 23.8 Å². The first kappa shape index (κ1) is 21.0. The molecule has 150 valence electrons. The number of anilines is 1. The lowest BCUT2D eigenvalue weighted by Gasteiger charge is -2.23. The number of hydrogen-bond donors (Lipinski definition) is 2. The molecule has 1 aromatic carbocycles. The van der Waals surface area contributed by atoms with Crippen molar-refractivity contribution in [1.29, 1.82) is 0 Å². The largest absolute Gasteiger partial charge is 0.493 e. The van der Waals surface area contributed by atoms with Gasteiger partial charge in [0.2, 0.25) is 17.6 Å². The van der Waals surface area contributed by atoms with Crippen molar-refractivity contribution in [3.63, 3.8) is 0 Å². The van der Waals surface area contributed by atoms with Crippen LogP contribution in [0.15, 0.2) is 36.5 Å². The van der Waals surface area contributed by atoms with Gasteiger partial charge in [0.25, 0.3) is 0 Å². The Bertz CT molecular complexity index is 812. The highest BCUT2D eigenvalue weighted by Crippen LogP contribution is 2.40. The third-order valence-corrected chi connectivity index (χ3v) is 4.21. The Hall–Kier alpha value is -3.29. The number of amides is 2. The molecule has 8 heteroatoms. The fourth-order valence-corrected chi connectivity index (χ4v) is 2.44. The molecule has 0 aliphatic rings. The van der Waals surface area contributed by atoms with E-state index in [1.165, 1.54) is 21.3 Å². The SMILES string of the molecule is COc1cc(NC(=O)C(C)(C)C(=O)NCc2ccccn2)cc(OC)c1OC. The average molecular weight is 387 g/mol. The topological polar surface area (TPSA) is 98.8 Å². The minimum Gasteiger partial charge on any atom is -0.493 e. The monoisotopic (exact) mass is 387 g/mol. The molecule has 0 spiro atoms. The van der Waals surface area contributed by atoms with E-state index in [1.54, 1.807) is 44.3 Å². The summed E-state index contributed by atoms with van der Waals surface area (Å²) in [6.07, 6.45) is 1.64. The first-order valence-corrected chi connectivity index (χ1v) is 8.63. The first-order valence-electron chi connectivity index (χ1n) is 8.63. The van der Waals surface area contributed by atoms with Gasteiger partial charge in [0.1, 0.15) is 5.41 Å². The molecule has 0 aliphatic heterocycles. The van der Waals surface area contributed by atoms with Crippen molar-refractivity contribution in [2.45, 2.75) is 20.4 Å². The molecule has 0 aliphatic carbocycles. The number of nitrogens with one attached hydrogen (secondary N) is 2. The Morgan fingerprint density at radius 2 is 1.64 bits per heavy atom. The van der Waals surface area contributed by atoms with Crippen LogP contribution in [0, 0.1) is 5.41 Å². The number of methoxy groups -OCH3 is 3. The van der Waals surface area contributed by atoms with Crippen LogP contribution in [0.2, 0.25) is 0 Å². The number of hydrogen-bond acceptors (Lipinski definition) is 6. The van der Waals surface area contributed by atoms with Crippen LogP contribution in [-0.4, -0.2) is 38.1 Å². The van der Waals surface area contributed by atoms with Crippen LogP contribution in [0.5, 0.6) is 17.2 Å². The van der Waals surface area contributed by atoms with E-state index in [0.717, 1.165) is 0 Å². The summed E-state index contributed by atoms with van der Waals surface area (Å²) >= 11 is 0. The minimum absolute atomic E-state index is 0.237. The molecule has 2 N–H and O–H groups in total. The van der Waals surface area contributed by atoms with E-state index in [4.69, 9.17) is 14.2 Å². The van der Waals surface area contributed by atoms with E-state index in [-0.39, 0.29) is 6.54 Å². The predicted octanol–water partition coefficient (Wildman–Crippen LogP) is 2.39. The molecule has 0 saturated heterocycles. The molecule has 0 radical (unpaired) electrons. The maximum atomic E-state index is 12.7. The van der Waals surface area contributed by atoms with Gasteiger partial charge < -0.3 is 24.8 Å². The van der Waals surface area contributed by atoms with Crippen LogP contribution in [0.4, 0.5) is 5.69 Å². The molecule has 0 atom stereocenters. The van der Waals surface area contributed by atoms with Gasteiger partial charge in [-0.15, -0.1) is 0 Å². The Morgan fingerprint density at radius 1 is 1.00 bits per heavy atom. The second-order valence-corrected chi connectivity index (χ2v) is 6.50. The Kier molecular flexibility index (Phi) is 6.81. The zero-order valence-electron chi connectivity index (χ0n) is 16.7. The lowest BCUT2D eigenvalue weighted by Crippen LogP contribution is -2.45. The Balaban J connectivity index is 2.12. The van der Waals surface area contributed by atoms with E-state index in [0.29, 0.717) is 28.6 Å². The molecule has 2 aromatic rings. The highest BCUT2D eigenvalue weighted by molar-refractivity contribution is 6.10. The van der Waals surface area contributed by atoms with Gasteiger partial charge in [0.05, 0.1) is 33.6 Å². The number of carbonyl (C=O) groups excluding carboxylic acids is 2. The molecule has 28 heavy (non-hydrogen) atoms. The summed E-state index contributed by atoms with van der Waals surface area (Å²) in [5, 5.41) is 5.47. The van der Waals surface area contributed by atoms with Crippen molar-refractivity contribution in [2.75, 3.05) is 26.6 Å². The molecule has 0 fully saturated rings. The zero-order valence-corrected chi connectivity index (χ0v) is 16.7. The van der Waals surface area contributed by atoms with Crippen LogP contribution < -0.4 is 24.8 Å². The van der Waals surface area contributed by atoms with Gasteiger partial charge in [0, 0.05) is 24.0 Å². The average Bonchev–Trinajstić information content (AvgIpc) is 2.71. The molecule has 0 saturated carbocycles. The number of rotatable bonds is 8. The predicted molar refractivity (Wildman–Crippen MR) is 105 cm³/mol. The summed E-state index contributed by atoms with van der Waals surface area (Å²) in [5.41, 5.74) is -0.184. The van der Waals surface area contributed by atoms with Crippen molar-refractivity contribution in [3.05, 3.63) is 42.2 Å². The Morgan fingerprint density at radius 3 is 2.14 bits per heavy atom. The van der Waals surface area contributed by atoms with Crippen molar-refractivity contribution in [1.82, 2.24) is 10.3 Å². The van der Waals surface area contributed by atoms with Crippen LogP contribution in [0.1, 0.15) is 19.5 Å². The first-order chi connectivity index (χ1) is 13.3. The van der Waals surface area contributed by atoms with E-state index in [9.17, 15) is 9.59 Å². The van der Waals surface area contributed by atoms with Gasteiger partial charge >= 0.3 is 0 Å². The summed E-state index contributed by atoms with van der Waals surface area (Å²) in [6.45, 7) is 3.34. The third-order valence-electron chi connectivity index (χ3n) is 4.21. The number of nitrogens with zero attached hydrogens (tertiary/aromatic N) is 1. The highest BCUT2D eigenvalue weighted by Gasteiger charge is 2.36. The number of aromatic nitrogens is 1. The van der Waals surface area contributed by atoms with Crippen molar-refractivity contribution in [3.8, 4) is 17.2 Å². The minimum atomic E-state index is -1.31. The van der Waals surface area contributed by atoms with Crippen molar-refractivity contribution in [2.24, 2.45) is 5.41 Å². The van der Waals surface area contributed by atoms with Gasteiger partial charge in [-0.1, -0.05) is 6.07 Å². The van der Waals surface area contributed by atoms with Gasteiger partial charge in [-0.2, -0.15) is 0 Å². The van der Waals surface area contributed by atoms with Gasteiger partial charge in [-0.05, 0) is 26.0 Å². The van der Waals surface area contributed by atoms with Crippen LogP contribution in [-0.2, 0) is 16.1 Å². The lowest BCUT2D eigenvalue weighted by molar-refractivity contribution is -0.138. The fourth-order valence-electron chi connectivity index (χ4n) is 2.44. The van der Waals surface area contributed by atoms with Crippen LogP contribution in [0.3, 0.4) is 0 Å². The molecule has 1 aromatic heterocycles. The Labute approximate surface area is 164 Å². The summed E-state index contributed by atoms with van der Waals surface area (Å²) in [5.74, 6) is 0.322. The smallest absolute Gasteiger partial charge is 0.239 e. The van der Waals surface area contributed by atoms with E-state index in [1.807, 2.05) is 6.07 Å². The van der Waals surface area contributed by atoms with Gasteiger partial charge in [-0.25, -0.2) is 0 Å². The number of ether oxygens (including phenoxy) is 3. The second kappa shape index (κ2) is 9.07. The highest BCUT2D eigenvalue weighted by atomic mass is 16.5. The number of benzene rings is 1. The van der Waals surface area contributed by atoms with Crippen LogP contribution in [0.25, 0.3) is 0 Å². The normalized spacial score (nSPS) is 10.8. The summed E-state index contributed by atoms with van der Waals surface area (Å²) in [4.78, 5) is 29.4. The molecule has 8 nitrogen and oxygen atoms in total. The maximum Gasteiger partial charge on any atom is 0.239 e.